The molecule has 0 unspecified atom stereocenters. The zero-order valence-corrected chi connectivity index (χ0v) is 23.6. The lowest BCUT2D eigenvalue weighted by molar-refractivity contribution is -0.0189. The lowest BCUT2D eigenvalue weighted by atomic mass is 9.84. The number of fused-ring (bicyclic) bond motifs is 2. The summed E-state index contributed by atoms with van der Waals surface area (Å²) in [5.41, 5.74) is 7.02. The molecule has 4 rings (SSSR count). The van der Waals surface area contributed by atoms with Gasteiger partial charge >= 0.3 is 5.97 Å². The number of carbonyl (C=O) groups excluding carboxylic acids is 1. The fourth-order valence-corrected chi connectivity index (χ4v) is 5.07. The Kier molecular flexibility index (Phi) is 7.13. The van der Waals surface area contributed by atoms with Gasteiger partial charge in [-0.15, -0.1) is 0 Å². The standard InChI is InChI=1S/C27H35N5O5S/c1-15(10-11-38(7,34)35)36-24-19-13-29-22(12-18(19)20(14-30-24)26(3,4)28)31-21-9-8-17-23(32-21)16(2)27(5,6)37-25(17)33/h8-9,12-16H,10-11,28H2,1-7H3,(H,29,31,32)/t15-,16+/m0/s1. The molecule has 204 valence electrons. The number of carbonyl (C=O) groups is 1. The molecule has 0 bridgehead atoms. The van der Waals surface area contributed by atoms with Crippen molar-refractivity contribution < 1.29 is 22.7 Å². The lowest BCUT2D eigenvalue weighted by Crippen LogP contribution is -2.39. The molecule has 10 nitrogen and oxygen atoms in total. The van der Waals surface area contributed by atoms with Gasteiger partial charge in [-0.2, -0.15) is 0 Å². The Balaban J connectivity index is 1.69. The summed E-state index contributed by atoms with van der Waals surface area (Å²) in [7, 11) is -3.10. The Morgan fingerprint density at radius 3 is 2.55 bits per heavy atom. The normalized spacial score (nSPS) is 18.0. The highest BCUT2D eigenvalue weighted by Crippen LogP contribution is 2.38. The average Bonchev–Trinajstić information content (AvgIpc) is 2.80. The molecule has 0 saturated heterocycles. The van der Waals surface area contributed by atoms with Crippen LogP contribution in [0.5, 0.6) is 5.88 Å². The minimum absolute atomic E-state index is 0.0215. The van der Waals surface area contributed by atoms with E-state index in [0.29, 0.717) is 40.6 Å². The fourth-order valence-electron chi connectivity index (χ4n) is 4.31. The van der Waals surface area contributed by atoms with E-state index >= 15 is 0 Å². The van der Waals surface area contributed by atoms with Gasteiger partial charge in [-0.1, -0.05) is 6.92 Å². The maximum absolute atomic E-state index is 12.4. The number of sulfone groups is 1. The zero-order chi connectivity index (χ0) is 28.0. The number of hydrogen-bond donors (Lipinski definition) is 2. The van der Waals surface area contributed by atoms with Crippen molar-refractivity contribution in [3.8, 4) is 5.88 Å². The van der Waals surface area contributed by atoms with E-state index in [0.717, 1.165) is 10.9 Å². The van der Waals surface area contributed by atoms with Gasteiger partial charge in [0.25, 0.3) is 0 Å². The molecule has 3 aromatic rings. The van der Waals surface area contributed by atoms with Crippen LogP contribution in [0.3, 0.4) is 0 Å². The molecule has 0 radical (unpaired) electrons. The summed E-state index contributed by atoms with van der Waals surface area (Å²) in [5.74, 6) is 0.973. The molecule has 0 fully saturated rings. The van der Waals surface area contributed by atoms with Gasteiger partial charge in [-0.3, -0.25) is 0 Å². The number of nitrogens with zero attached hydrogens (tertiary/aromatic N) is 3. The summed E-state index contributed by atoms with van der Waals surface area (Å²) in [4.78, 5) is 26.2. The van der Waals surface area contributed by atoms with Crippen LogP contribution in [0.15, 0.2) is 30.6 Å². The van der Waals surface area contributed by atoms with Crippen molar-refractivity contribution in [1.29, 1.82) is 0 Å². The first-order valence-corrected chi connectivity index (χ1v) is 14.5. The van der Waals surface area contributed by atoms with Gasteiger partial charge in [-0.25, -0.2) is 28.2 Å². The summed E-state index contributed by atoms with van der Waals surface area (Å²) in [6.07, 6.45) is 4.50. The monoisotopic (exact) mass is 541 g/mol. The highest BCUT2D eigenvalue weighted by Gasteiger charge is 2.40. The summed E-state index contributed by atoms with van der Waals surface area (Å²) in [6, 6.07) is 5.29. The largest absolute Gasteiger partial charge is 0.474 e. The second-order valence-corrected chi connectivity index (χ2v) is 13.4. The number of esters is 1. The van der Waals surface area contributed by atoms with Crippen LogP contribution in [-0.2, 0) is 20.1 Å². The van der Waals surface area contributed by atoms with Crippen LogP contribution < -0.4 is 15.8 Å². The Labute approximate surface area is 223 Å². The maximum atomic E-state index is 12.4. The summed E-state index contributed by atoms with van der Waals surface area (Å²) >= 11 is 0. The van der Waals surface area contributed by atoms with Crippen molar-refractivity contribution in [3.05, 3.63) is 47.4 Å². The first-order chi connectivity index (χ1) is 17.5. The van der Waals surface area contributed by atoms with E-state index in [1.807, 2.05) is 47.6 Å². The Bertz CT molecular complexity index is 1500. The summed E-state index contributed by atoms with van der Waals surface area (Å²) in [6.45, 7) is 11.3. The van der Waals surface area contributed by atoms with Gasteiger partial charge in [-0.05, 0) is 70.2 Å². The number of cyclic esters (lactones) is 1. The van der Waals surface area contributed by atoms with Crippen molar-refractivity contribution in [1.82, 2.24) is 15.0 Å². The molecule has 3 aromatic heterocycles. The van der Waals surface area contributed by atoms with E-state index in [1.54, 1.807) is 24.5 Å². The molecule has 0 amide bonds. The van der Waals surface area contributed by atoms with Gasteiger partial charge < -0.3 is 20.5 Å². The first kappa shape index (κ1) is 27.7. The first-order valence-electron chi connectivity index (χ1n) is 12.5. The second-order valence-electron chi connectivity index (χ2n) is 11.1. The van der Waals surface area contributed by atoms with E-state index in [1.165, 1.54) is 6.26 Å². The van der Waals surface area contributed by atoms with Crippen molar-refractivity contribution in [2.45, 2.75) is 71.1 Å². The van der Waals surface area contributed by atoms with Crippen molar-refractivity contribution in [2.75, 3.05) is 17.3 Å². The number of anilines is 2. The Morgan fingerprint density at radius 2 is 1.89 bits per heavy atom. The van der Waals surface area contributed by atoms with Gasteiger partial charge in [0.2, 0.25) is 5.88 Å². The SMILES string of the molecule is C[C@@H]1c2nc(Nc3cc4c(C(C)(C)N)cnc(O[C@@H](C)CCS(C)(=O)=O)c4cn3)ccc2C(=O)OC1(C)C. The van der Waals surface area contributed by atoms with Gasteiger partial charge in [0.1, 0.15) is 27.1 Å². The topological polar surface area (TPSA) is 146 Å². The van der Waals surface area contributed by atoms with Crippen LogP contribution in [0.25, 0.3) is 10.8 Å². The van der Waals surface area contributed by atoms with Gasteiger partial charge in [0, 0.05) is 30.1 Å². The smallest absolute Gasteiger partial charge is 0.340 e. The number of nitrogens with two attached hydrogens (primary N) is 1. The molecule has 0 spiro atoms. The number of aromatic nitrogens is 3. The summed E-state index contributed by atoms with van der Waals surface area (Å²) in [5, 5.41) is 4.70. The number of pyridine rings is 3. The average molecular weight is 542 g/mol. The zero-order valence-electron chi connectivity index (χ0n) is 22.8. The van der Waals surface area contributed by atoms with E-state index in [2.05, 4.69) is 15.3 Å². The molecule has 0 aliphatic carbocycles. The molecule has 11 heteroatoms. The van der Waals surface area contributed by atoms with Crippen LogP contribution in [0, 0.1) is 0 Å². The molecule has 38 heavy (non-hydrogen) atoms. The quantitative estimate of drug-likeness (QED) is 0.397. The van der Waals surface area contributed by atoms with E-state index in [9.17, 15) is 13.2 Å². The molecule has 4 heterocycles. The van der Waals surface area contributed by atoms with E-state index < -0.39 is 21.0 Å². The third-order valence-electron chi connectivity index (χ3n) is 6.85. The lowest BCUT2D eigenvalue weighted by Gasteiger charge is -2.36. The maximum Gasteiger partial charge on any atom is 0.340 e. The minimum Gasteiger partial charge on any atom is -0.474 e. The molecular weight excluding hydrogens is 506 g/mol. The predicted octanol–water partition coefficient (Wildman–Crippen LogP) is 4.22. The van der Waals surface area contributed by atoms with Crippen LogP contribution in [0.4, 0.5) is 11.6 Å². The highest BCUT2D eigenvalue weighted by molar-refractivity contribution is 7.90. The van der Waals surface area contributed by atoms with Crippen molar-refractivity contribution in [2.24, 2.45) is 5.73 Å². The molecule has 3 N–H and O–H groups in total. The van der Waals surface area contributed by atoms with Gasteiger partial charge in [0.05, 0.1) is 28.5 Å². The molecule has 0 saturated carbocycles. The third kappa shape index (κ3) is 5.88. The van der Waals surface area contributed by atoms with Crippen LogP contribution >= 0.6 is 0 Å². The van der Waals surface area contributed by atoms with Crippen molar-refractivity contribution in [3.63, 3.8) is 0 Å². The molecule has 1 aliphatic heterocycles. The van der Waals surface area contributed by atoms with E-state index in [4.69, 9.17) is 20.2 Å². The molecule has 2 atom stereocenters. The van der Waals surface area contributed by atoms with Crippen LogP contribution in [0.1, 0.15) is 75.5 Å². The molecule has 1 aliphatic rings. The van der Waals surface area contributed by atoms with Crippen molar-refractivity contribution >= 4 is 38.2 Å². The minimum atomic E-state index is -3.10. The van der Waals surface area contributed by atoms with E-state index in [-0.39, 0.29) is 23.7 Å². The second kappa shape index (κ2) is 9.77. The Hall–Kier alpha value is -3.31. The summed E-state index contributed by atoms with van der Waals surface area (Å²) < 4.78 is 34.7. The Morgan fingerprint density at radius 1 is 1.18 bits per heavy atom. The predicted molar refractivity (Wildman–Crippen MR) is 147 cm³/mol. The third-order valence-corrected chi connectivity index (χ3v) is 7.82. The number of nitrogens with one attached hydrogen (secondary N) is 1. The highest BCUT2D eigenvalue weighted by atomic mass is 32.2. The van der Waals surface area contributed by atoms with Gasteiger partial charge in [0.15, 0.2) is 0 Å². The van der Waals surface area contributed by atoms with Crippen LogP contribution in [-0.4, -0.2) is 53.1 Å². The number of ether oxygens (including phenoxy) is 2. The number of rotatable bonds is 8. The fraction of sp³-hybridized carbons (Fsp3) is 0.481. The van der Waals surface area contributed by atoms with Crippen LogP contribution in [0.2, 0.25) is 0 Å². The number of hydrogen-bond acceptors (Lipinski definition) is 10. The molecular formula is C27H35N5O5S. The molecule has 0 aromatic carbocycles.